The Morgan fingerprint density at radius 1 is 1.09 bits per heavy atom. The summed E-state index contributed by atoms with van der Waals surface area (Å²) in [6, 6.07) is 8.24. The van der Waals surface area contributed by atoms with Crippen molar-refractivity contribution in [1.82, 2.24) is 0 Å². The molecule has 178 valence electrons. The van der Waals surface area contributed by atoms with E-state index >= 15 is 0 Å². The van der Waals surface area contributed by atoms with E-state index in [0.29, 0.717) is 5.56 Å². The lowest BCUT2D eigenvalue weighted by molar-refractivity contribution is -0.323. The van der Waals surface area contributed by atoms with Crippen molar-refractivity contribution in [2.75, 3.05) is 13.7 Å². The van der Waals surface area contributed by atoms with Crippen LogP contribution in [0.5, 0.6) is 0 Å². The number of methoxy groups -OCH3 is 1. The number of esters is 2. The number of halogens is 3. The zero-order valence-corrected chi connectivity index (χ0v) is 17.5. The summed E-state index contributed by atoms with van der Waals surface area (Å²) in [4.78, 5) is 23.8. The lowest BCUT2D eigenvalue weighted by atomic mass is 9.93. The molecule has 2 fully saturated rings. The van der Waals surface area contributed by atoms with Gasteiger partial charge in [0.25, 0.3) is 0 Å². The van der Waals surface area contributed by atoms with Crippen LogP contribution in [0.4, 0.5) is 13.2 Å². The van der Waals surface area contributed by atoms with E-state index in [9.17, 15) is 31.2 Å². The Morgan fingerprint density at radius 2 is 1.75 bits per heavy atom. The van der Waals surface area contributed by atoms with Crippen LogP contribution in [0, 0.1) is 0 Å². The largest absolute Gasteiger partial charge is 0.523 e. The van der Waals surface area contributed by atoms with E-state index in [1.807, 2.05) is 0 Å². The Morgan fingerprint density at radius 3 is 2.31 bits per heavy atom. The van der Waals surface area contributed by atoms with E-state index in [1.54, 1.807) is 30.3 Å². The molecule has 10 nitrogen and oxygen atoms in total. The van der Waals surface area contributed by atoms with Crippen LogP contribution in [-0.4, -0.2) is 70.1 Å². The SMILES string of the molecule is COC(=O)[C@@H]1O[C@@H]2COC(c3ccccc3)O[C@@H]2[C@H](OS(=O)(=O)C(F)(F)F)[C@H]1OC(C)=O. The van der Waals surface area contributed by atoms with Crippen molar-refractivity contribution < 1.29 is 59.0 Å². The van der Waals surface area contributed by atoms with Crippen LogP contribution in [0.15, 0.2) is 30.3 Å². The molecule has 2 heterocycles. The number of hydrogen-bond donors (Lipinski definition) is 0. The Kier molecular flexibility index (Phi) is 7.09. The number of fused-ring (bicyclic) bond motifs is 1. The van der Waals surface area contributed by atoms with E-state index in [-0.39, 0.29) is 6.61 Å². The fourth-order valence-corrected chi connectivity index (χ4v) is 3.92. The average Bonchev–Trinajstić information content (AvgIpc) is 2.73. The van der Waals surface area contributed by atoms with Gasteiger partial charge in [0.05, 0.1) is 13.7 Å². The third-order valence-corrected chi connectivity index (χ3v) is 5.70. The van der Waals surface area contributed by atoms with E-state index in [4.69, 9.17) is 18.9 Å². The van der Waals surface area contributed by atoms with Gasteiger partial charge in [-0.2, -0.15) is 21.6 Å². The van der Waals surface area contributed by atoms with Crippen LogP contribution in [0.2, 0.25) is 0 Å². The van der Waals surface area contributed by atoms with Gasteiger partial charge in [0.1, 0.15) is 18.3 Å². The lowest BCUT2D eigenvalue weighted by Crippen LogP contribution is -2.65. The molecule has 14 heteroatoms. The topological polar surface area (TPSA) is 124 Å². The maximum absolute atomic E-state index is 13.1. The van der Waals surface area contributed by atoms with Crippen LogP contribution in [0.3, 0.4) is 0 Å². The highest BCUT2D eigenvalue weighted by atomic mass is 32.2. The zero-order valence-electron chi connectivity index (χ0n) is 16.7. The monoisotopic (exact) mass is 484 g/mol. The zero-order chi connectivity index (χ0) is 23.7. The molecule has 0 radical (unpaired) electrons. The minimum Gasteiger partial charge on any atom is -0.467 e. The first-order valence-corrected chi connectivity index (χ1v) is 10.6. The van der Waals surface area contributed by atoms with Crippen molar-refractivity contribution in [2.45, 2.75) is 49.2 Å². The van der Waals surface area contributed by atoms with Crippen molar-refractivity contribution in [2.24, 2.45) is 0 Å². The number of benzene rings is 1. The molecule has 1 aromatic carbocycles. The van der Waals surface area contributed by atoms with Gasteiger partial charge in [-0.1, -0.05) is 30.3 Å². The molecule has 1 unspecified atom stereocenters. The first kappa shape index (κ1) is 24.4. The minimum absolute atomic E-state index is 0.295. The van der Waals surface area contributed by atoms with Gasteiger partial charge in [-0.25, -0.2) is 4.79 Å². The molecule has 0 amide bonds. The third-order valence-electron chi connectivity index (χ3n) is 4.65. The van der Waals surface area contributed by atoms with Crippen molar-refractivity contribution in [3.8, 4) is 0 Å². The van der Waals surface area contributed by atoms with E-state index in [0.717, 1.165) is 14.0 Å². The maximum atomic E-state index is 13.1. The van der Waals surface area contributed by atoms with Gasteiger partial charge in [0.2, 0.25) is 0 Å². The lowest BCUT2D eigenvalue weighted by Gasteiger charge is -2.47. The highest BCUT2D eigenvalue weighted by Gasteiger charge is 2.59. The predicted octanol–water partition coefficient (Wildman–Crippen LogP) is 1.21. The smallest absolute Gasteiger partial charge is 0.467 e. The Labute approximate surface area is 180 Å². The van der Waals surface area contributed by atoms with E-state index in [2.05, 4.69) is 8.92 Å². The van der Waals surface area contributed by atoms with Crippen LogP contribution in [-0.2, 0) is 47.6 Å². The second-order valence-corrected chi connectivity index (χ2v) is 8.39. The van der Waals surface area contributed by atoms with E-state index < -0.39 is 64.4 Å². The molecule has 3 rings (SSSR count). The van der Waals surface area contributed by atoms with Crippen LogP contribution in [0.1, 0.15) is 18.8 Å². The molecular weight excluding hydrogens is 465 g/mol. The summed E-state index contributed by atoms with van der Waals surface area (Å²) in [5, 5.41) is 0. The van der Waals surface area contributed by atoms with Crippen molar-refractivity contribution >= 4 is 22.1 Å². The summed E-state index contributed by atoms with van der Waals surface area (Å²) in [5.41, 5.74) is -5.31. The quantitative estimate of drug-likeness (QED) is 0.342. The molecule has 2 saturated heterocycles. The van der Waals surface area contributed by atoms with Gasteiger partial charge in [0, 0.05) is 12.5 Å². The molecule has 32 heavy (non-hydrogen) atoms. The Balaban J connectivity index is 2.01. The number of carbonyl (C=O) groups is 2. The fraction of sp³-hybridized carbons (Fsp3) is 0.556. The average molecular weight is 484 g/mol. The van der Waals surface area contributed by atoms with Crippen molar-refractivity contribution in [3.63, 3.8) is 0 Å². The Hall–Kier alpha value is -2.26. The minimum atomic E-state index is -6.17. The summed E-state index contributed by atoms with van der Waals surface area (Å²) in [6.45, 7) is 0.615. The molecular formula is C18H19F3O10S. The van der Waals surface area contributed by atoms with E-state index in [1.165, 1.54) is 0 Å². The second-order valence-electron chi connectivity index (χ2n) is 6.83. The van der Waals surface area contributed by atoms with Gasteiger partial charge in [-0.3, -0.25) is 8.98 Å². The number of ether oxygens (including phenoxy) is 5. The first-order chi connectivity index (χ1) is 14.9. The summed E-state index contributed by atoms with van der Waals surface area (Å²) in [7, 11) is -5.21. The van der Waals surface area contributed by atoms with Gasteiger partial charge in [0.15, 0.2) is 18.5 Å². The molecule has 1 aromatic rings. The van der Waals surface area contributed by atoms with Crippen LogP contribution >= 0.6 is 0 Å². The number of rotatable bonds is 5. The molecule has 0 aliphatic carbocycles. The molecule has 0 aromatic heterocycles. The summed E-state index contributed by atoms with van der Waals surface area (Å²) < 4.78 is 93.4. The molecule has 0 spiro atoms. The summed E-state index contributed by atoms with van der Waals surface area (Å²) >= 11 is 0. The first-order valence-electron chi connectivity index (χ1n) is 9.16. The molecule has 2 aliphatic heterocycles. The standard InChI is InChI=1S/C18H19F3O10S/c1-9(22)28-13-14(31-32(24,25)18(19,20)21)12-11(29-15(13)16(23)26-2)8-27-17(30-12)10-6-4-3-5-7-10/h3-7,11-15,17H,8H2,1-2H3/t11-,12+,13-,14+,15-,17?/m1/s1. The van der Waals surface area contributed by atoms with Crippen LogP contribution < -0.4 is 0 Å². The van der Waals surface area contributed by atoms with Gasteiger partial charge in [-0.15, -0.1) is 0 Å². The van der Waals surface area contributed by atoms with Crippen LogP contribution in [0.25, 0.3) is 0 Å². The highest BCUT2D eigenvalue weighted by molar-refractivity contribution is 7.87. The van der Waals surface area contributed by atoms with Crippen molar-refractivity contribution in [1.29, 1.82) is 0 Å². The molecule has 0 saturated carbocycles. The van der Waals surface area contributed by atoms with Gasteiger partial charge >= 0.3 is 27.6 Å². The maximum Gasteiger partial charge on any atom is 0.523 e. The molecule has 2 aliphatic rings. The normalized spacial score (nSPS) is 30.8. The molecule has 6 atom stereocenters. The fourth-order valence-electron chi connectivity index (χ4n) is 3.30. The summed E-state index contributed by atoms with van der Waals surface area (Å²) in [6.07, 6.45) is -9.68. The predicted molar refractivity (Wildman–Crippen MR) is 96.1 cm³/mol. The van der Waals surface area contributed by atoms with Gasteiger partial charge in [-0.05, 0) is 0 Å². The molecule has 0 bridgehead atoms. The number of carbonyl (C=O) groups excluding carboxylic acids is 2. The second kappa shape index (κ2) is 9.31. The van der Waals surface area contributed by atoms with Gasteiger partial charge < -0.3 is 23.7 Å². The molecule has 0 N–H and O–H groups in total. The van der Waals surface area contributed by atoms with Crippen molar-refractivity contribution in [3.05, 3.63) is 35.9 Å². The highest BCUT2D eigenvalue weighted by Crippen LogP contribution is 2.39. The summed E-state index contributed by atoms with van der Waals surface area (Å²) in [5.74, 6) is -2.16. The third kappa shape index (κ3) is 5.04. The number of hydrogen-bond acceptors (Lipinski definition) is 10. The number of alkyl halides is 3. The Bertz CT molecular complexity index is 936.